The molecule has 3 nitrogen and oxygen atoms in total. The van der Waals surface area contributed by atoms with Crippen molar-refractivity contribution in [2.75, 3.05) is 0 Å². The summed E-state index contributed by atoms with van der Waals surface area (Å²) in [4.78, 5) is 12.7. The fourth-order valence-corrected chi connectivity index (χ4v) is 3.11. The molecule has 0 bridgehead atoms. The summed E-state index contributed by atoms with van der Waals surface area (Å²) in [6.45, 7) is 4.27. The molecule has 0 atom stereocenters. The number of rotatable bonds is 4. The van der Waals surface area contributed by atoms with E-state index in [0.29, 0.717) is 22.0 Å². The third kappa shape index (κ3) is 3.42. The van der Waals surface area contributed by atoms with E-state index in [-0.39, 0.29) is 11.7 Å². The van der Waals surface area contributed by atoms with Gasteiger partial charge in [-0.1, -0.05) is 29.3 Å². The lowest BCUT2D eigenvalue weighted by molar-refractivity contribution is 0.243. The van der Waals surface area contributed by atoms with E-state index in [1.165, 1.54) is 0 Å². The minimum Gasteiger partial charge on any atom is -0.491 e. The molecule has 1 heterocycles. The molecule has 0 aliphatic carbocycles. The Balaban J connectivity index is 2.02. The average Bonchev–Trinajstić information content (AvgIpc) is 2.52. The van der Waals surface area contributed by atoms with Crippen LogP contribution in [0.15, 0.2) is 53.5 Å². The Hall–Kier alpha value is -1.97. The Labute approximate surface area is 150 Å². The van der Waals surface area contributed by atoms with Gasteiger partial charge in [0.2, 0.25) is 0 Å². The van der Waals surface area contributed by atoms with Gasteiger partial charge in [0, 0.05) is 27.2 Å². The quantitative estimate of drug-likeness (QED) is 0.643. The summed E-state index contributed by atoms with van der Waals surface area (Å²) in [5, 5.41) is 2.58. The van der Waals surface area contributed by atoms with Gasteiger partial charge in [-0.2, -0.15) is 0 Å². The minimum atomic E-state index is -0.0837. The topological polar surface area (TPSA) is 31.2 Å². The summed E-state index contributed by atoms with van der Waals surface area (Å²) in [7, 11) is 0. The highest BCUT2D eigenvalue weighted by molar-refractivity contribution is 6.35. The Morgan fingerprint density at radius 2 is 1.79 bits per heavy atom. The van der Waals surface area contributed by atoms with Crippen LogP contribution in [0.1, 0.15) is 19.4 Å². The van der Waals surface area contributed by atoms with Crippen molar-refractivity contribution < 1.29 is 4.74 Å². The number of hydrogen-bond acceptors (Lipinski definition) is 2. The zero-order chi connectivity index (χ0) is 17.3. The molecule has 0 saturated carbocycles. The standard InChI is InChI=1S/C19H17Cl2NO2/c1-12(2)24-14-6-7-15-13(10-14)8-9-22(19(15)23)11-16-17(20)4-3-5-18(16)21/h3-10,12H,11H2,1-2H3. The summed E-state index contributed by atoms with van der Waals surface area (Å²) in [5.41, 5.74) is 0.654. The van der Waals surface area contributed by atoms with Crippen molar-refractivity contribution in [3.63, 3.8) is 0 Å². The SMILES string of the molecule is CC(C)Oc1ccc2c(=O)n(Cc3c(Cl)cccc3Cl)ccc2c1. The number of ether oxygens (including phenoxy) is 1. The van der Waals surface area contributed by atoms with E-state index < -0.39 is 0 Å². The minimum absolute atomic E-state index is 0.0837. The zero-order valence-electron chi connectivity index (χ0n) is 13.4. The molecule has 124 valence electrons. The molecule has 0 fully saturated rings. The molecular weight excluding hydrogens is 345 g/mol. The molecule has 3 aromatic rings. The number of hydrogen-bond donors (Lipinski definition) is 0. The molecule has 24 heavy (non-hydrogen) atoms. The van der Waals surface area contributed by atoms with E-state index in [4.69, 9.17) is 27.9 Å². The van der Waals surface area contributed by atoms with Crippen LogP contribution in [0, 0.1) is 0 Å². The van der Waals surface area contributed by atoms with Gasteiger partial charge in [-0.15, -0.1) is 0 Å². The largest absolute Gasteiger partial charge is 0.491 e. The summed E-state index contributed by atoms with van der Waals surface area (Å²) in [5.74, 6) is 0.754. The van der Waals surface area contributed by atoms with Crippen molar-refractivity contribution in [1.82, 2.24) is 4.57 Å². The van der Waals surface area contributed by atoms with Gasteiger partial charge in [0.15, 0.2) is 0 Å². The second-order valence-corrected chi connectivity index (χ2v) is 6.68. The van der Waals surface area contributed by atoms with E-state index in [9.17, 15) is 4.79 Å². The summed E-state index contributed by atoms with van der Waals surface area (Å²) in [6, 6.07) is 12.7. The molecule has 2 aromatic carbocycles. The van der Waals surface area contributed by atoms with Crippen LogP contribution >= 0.6 is 23.2 Å². The van der Waals surface area contributed by atoms with Crippen molar-refractivity contribution in [2.24, 2.45) is 0 Å². The Morgan fingerprint density at radius 1 is 1.08 bits per heavy atom. The van der Waals surface area contributed by atoms with Gasteiger partial charge in [0.1, 0.15) is 5.75 Å². The molecule has 0 N–H and O–H groups in total. The third-order valence-electron chi connectivity index (χ3n) is 3.71. The van der Waals surface area contributed by atoms with Crippen molar-refractivity contribution in [1.29, 1.82) is 0 Å². The normalized spacial score (nSPS) is 11.2. The Morgan fingerprint density at radius 3 is 2.46 bits per heavy atom. The molecule has 0 aliphatic heterocycles. The molecule has 3 rings (SSSR count). The lowest BCUT2D eigenvalue weighted by Gasteiger charge is -2.12. The third-order valence-corrected chi connectivity index (χ3v) is 4.42. The summed E-state index contributed by atoms with van der Waals surface area (Å²) in [6.07, 6.45) is 1.84. The van der Waals surface area contributed by atoms with Gasteiger partial charge >= 0.3 is 0 Å². The lowest BCUT2D eigenvalue weighted by Crippen LogP contribution is -2.20. The number of pyridine rings is 1. The van der Waals surface area contributed by atoms with Crippen LogP contribution in [0.2, 0.25) is 10.0 Å². The van der Waals surface area contributed by atoms with Crippen LogP contribution < -0.4 is 10.3 Å². The Bertz CT molecular complexity index is 927. The maximum Gasteiger partial charge on any atom is 0.258 e. The highest BCUT2D eigenvalue weighted by atomic mass is 35.5. The lowest BCUT2D eigenvalue weighted by atomic mass is 10.1. The van der Waals surface area contributed by atoms with Crippen molar-refractivity contribution >= 4 is 34.0 Å². The van der Waals surface area contributed by atoms with Gasteiger partial charge in [-0.3, -0.25) is 4.79 Å². The van der Waals surface area contributed by atoms with Crippen LogP contribution in [-0.4, -0.2) is 10.7 Å². The number of halogens is 2. The first-order chi connectivity index (χ1) is 11.5. The molecule has 0 unspecified atom stereocenters. The highest BCUT2D eigenvalue weighted by Crippen LogP contribution is 2.25. The number of benzene rings is 2. The second kappa shape index (κ2) is 6.88. The van der Waals surface area contributed by atoms with Gasteiger partial charge in [0.25, 0.3) is 5.56 Å². The predicted octanol–water partition coefficient (Wildman–Crippen LogP) is 5.14. The van der Waals surface area contributed by atoms with Gasteiger partial charge in [-0.25, -0.2) is 0 Å². The highest BCUT2D eigenvalue weighted by Gasteiger charge is 2.10. The van der Waals surface area contributed by atoms with Crippen LogP contribution in [0.3, 0.4) is 0 Å². The molecule has 0 saturated heterocycles. The van der Waals surface area contributed by atoms with Gasteiger partial charge in [0.05, 0.1) is 12.6 Å². The first-order valence-corrected chi connectivity index (χ1v) is 8.44. The van der Waals surface area contributed by atoms with Crippen LogP contribution in [0.25, 0.3) is 10.8 Å². The molecule has 0 radical (unpaired) electrons. The van der Waals surface area contributed by atoms with Crippen LogP contribution in [0.4, 0.5) is 0 Å². The maximum absolute atomic E-state index is 12.7. The molecule has 0 amide bonds. The number of aromatic nitrogens is 1. The number of fused-ring (bicyclic) bond motifs is 1. The molecule has 0 aliphatic rings. The van der Waals surface area contributed by atoms with E-state index >= 15 is 0 Å². The molecule has 5 heteroatoms. The fourth-order valence-electron chi connectivity index (χ4n) is 2.59. The first-order valence-electron chi connectivity index (χ1n) is 7.68. The Kier molecular flexibility index (Phi) is 4.83. The van der Waals surface area contributed by atoms with Crippen molar-refractivity contribution in [2.45, 2.75) is 26.5 Å². The molecular formula is C19H17Cl2NO2. The fraction of sp³-hybridized carbons (Fsp3) is 0.211. The van der Waals surface area contributed by atoms with Crippen LogP contribution in [-0.2, 0) is 6.54 Å². The van der Waals surface area contributed by atoms with Gasteiger partial charge < -0.3 is 9.30 Å². The van der Waals surface area contributed by atoms with Crippen molar-refractivity contribution in [3.05, 3.63) is 74.6 Å². The monoisotopic (exact) mass is 361 g/mol. The van der Waals surface area contributed by atoms with E-state index in [1.807, 2.05) is 32.0 Å². The average molecular weight is 362 g/mol. The van der Waals surface area contributed by atoms with E-state index in [0.717, 1.165) is 16.7 Å². The molecule has 1 aromatic heterocycles. The molecule has 0 spiro atoms. The first kappa shape index (κ1) is 16.9. The summed E-state index contributed by atoms with van der Waals surface area (Å²) < 4.78 is 7.29. The summed E-state index contributed by atoms with van der Waals surface area (Å²) >= 11 is 12.4. The second-order valence-electron chi connectivity index (χ2n) is 5.86. The smallest absolute Gasteiger partial charge is 0.258 e. The maximum atomic E-state index is 12.7. The van der Waals surface area contributed by atoms with Crippen molar-refractivity contribution in [3.8, 4) is 5.75 Å². The predicted molar refractivity (Wildman–Crippen MR) is 99.5 cm³/mol. The van der Waals surface area contributed by atoms with Gasteiger partial charge in [-0.05, 0) is 55.6 Å². The number of nitrogens with zero attached hydrogens (tertiary/aromatic N) is 1. The van der Waals surface area contributed by atoms with E-state index in [1.54, 1.807) is 35.0 Å². The zero-order valence-corrected chi connectivity index (χ0v) is 14.9. The van der Waals surface area contributed by atoms with E-state index in [2.05, 4.69) is 0 Å². The van der Waals surface area contributed by atoms with Crippen LogP contribution in [0.5, 0.6) is 5.75 Å².